The second kappa shape index (κ2) is 7.11. The number of aryl methyl sites for hydroxylation is 1. The molecule has 0 spiro atoms. The Bertz CT molecular complexity index is 844. The number of carbonyl (C=O) groups is 1. The zero-order chi connectivity index (χ0) is 16.2. The molecule has 0 radical (unpaired) electrons. The van der Waals surface area contributed by atoms with Crippen LogP contribution in [0, 0.1) is 0 Å². The highest BCUT2D eigenvalue weighted by atomic mass is 35.5. The van der Waals surface area contributed by atoms with E-state index in [-0.39, 0.29) is 5.91 Å². The molecule has 0 unspecified atom stereocenters. The summed E-state index contributed by atoms with van der Waals surface area (Å²) in [5, 5.41) is 4.00. The fourth-order valence-electron chi connectivity index (χ4n) is 2.36. The van der Waals surface area contributed by atoms with Crippen molar-refractivity contribution in [1.82, 2.24) is 4.98 Å². The Kier molecular flexibility index (Phi) is 4.94. The van der Waals surface area contributed by atoms with Gasteiger partial charge >= 0.3 is 0 Å². The Morgan fingerprint density at radius 1 is 1.26 bits per heavy atom. The summed E-state index contributed by atoms with van der Waals surface area (Å²) in [7, 11) is 0. The number of benzene rings is 2. The molecule has 1 amide bonds. The summed E-state index contributed by atoms with van der Waals surface area (Å²) in [6.07, 6.45) is 3.44. The predicted molar refractivity (Wildman–Crippen MR) is 97.6 cm³/mol. The first-order chi connectivity index (χ1) is 11.2. The van der Waals surface area contributed by atoms with Crippen molar-refractivity contribution in [2.75, 3.05) is 5.32 Å². The van der Waals surface area contributed by atoms with Gasteiger partial charge in [0.05, 0.1) is 10.2 Å². The average Bonchev–Trinajstić information content (AvgIpc) is 2.94. The molecule has 23 heavy (non-hydrogen) atoms. The van der Waals surface area contributed by atoms with Crippen LogP contribution in [0.2, 0.25) is 5.02 Å². The zero-order valence-corrected chi connectivity index (χ0v) is 14.4. The number of amides is 1. The lowest BCUT2D eigenvalue weighted by Crippen LogP contribution is -2.11. The molecule has 0 atom stereocenters. The molecule has 3 rings (SSSR count). The lowest BCUT2D eigenvalue weighted by molar-refractivity contribution is 0.102. The largest absolute Gasteiger partial charge is 0.298 e. The maximum Gasteiger partial charge on any atom is 0.257 e. The third kappa shape index (κ3) is 3.89. The van der Waals surface area contributed by atoms with E-state index in [0.29, 0.717) is 15.7 Å². The van der Waals surface area contributed by atoms with Gasteiger partial charge in [-0.15, -0.1) is 0 Å². The van der Waals surface area contributed by atoms with Crippen LogP contribution in [0.25, 0.3) is 10.2 Å². The SMILES string of the molecule is CCCCc1ccc2nc(NC(=O)c3cccc(Cl)c3)sc2c1. The van der Waals surface area contributed by atoms with Gasteiger partial charge in [-0.05, 0) is 48.7 Å². The van der Waals surface area contributed by atoms with Gasteiger partial charge in [0, 0.05) is 10.6 Å². The van der Waals surface area contributed by atoms with Gasteiger partial charge in [0.1, 0.15) is 0 Å². The van der Waals surface area contributed by atoms with Crippen molar-refractivity contribution in [3.63, 3.8) is 0 Å². The molecule has 1 N–H and O–H groups in total. The Balaban J connectivity index is 1.79. The molecule has 118 valence electrons. The van der Waals surface area contributed by atoms with Crippen molar-refractivity contribution in [1.29, 1.82) is 0 Å². The predicted octanol–water partition coefficient (Wildman–Crippen LogP) is 5.54. The fraction of sp³-hybridized carbons (Fsp3) is 0.222. The van der Waals surface area contributed by atoms with Gasteiger partial charge in [-0.25, -0.2) is 4.98 Å². The van der Waals surface area contributed by atoms with Crippen molar-refractivity contribution in [3.05, 3.63) is 58.6 Å². The van der Waals surface area contributed by atoms with E-state index in [1.165, 1.54) is 29.7 Å². The number of fused-ring (bicyclic) bond motifs is 1. The number of aromatic nitrogens is 1. The van der Waals surface area contributed by atoms with Gasteiger partial charge in [-0.2, -0.15) is 0 Å². The van der Waals surface area contributed by atoms with Crippen LogP contribution in [-0.2, 0) is 6.42 Å². The molecule has 0 saturated carbocycles. The summed E-state index contributed by atoms with van der Waals surface area (Å²) in [6.45, 7) is 2.19. The van der Waals surface area contributed by atoms with E-state index >= 15 is 0 Å². The molecule has 0 fully saturated rings. The number of hydrogen-bond acceptors (Lipinski definition) is 3. The summed E-state index contributed by atoms with van der Waals surface area (Å²) in [5.41, 5.74) is 2.76. The van der Waals surface area contributed by atoms with E-state index in [0.717, 1.165) is 16.6 Å². The van der Waals surface area contributed by atoms with Gasteiger partial charge in [0.2, 0.25) is 0 Å². The van der Waals surface area contributed by atoms with E-state index in [2.05, 4.69) is 29.4 Å². The van der Waals surface area contributed by atoms with E-state index in [1.807, 2.05) is 6.07 Å². The van der Waals surface area contributed by atoms with Crippen LogP contribution < -0.4 is 5.32 Å². The third-order valence-corrected chi connectivity index (χ3v) is 4.75. The summed E-state index contributed by atoms with van der Waals surface area (Å²) in [5.74, 6) is -0.197. The van der Waals surface area contributed by atoms with Gasteiger partial charge in [0.25, 0.3) is 5.91 Å². The first-order valence-electron chi connectivity index (χ1n) is 7.62. The van der Waals surface area contributed by atoms with Crippen molar-refractivity contribution in [2.45, 2.75) is 26.2 Å². The molecule has 2 aromatic carbocycles. The van der Waals surface area contributed by atoms with Crippen LogP contribution in [0.5, 0.6) is 0 Å². The molecule has 0 bridgehead atoms. The summed E-state index contributed by atoms with van der Waals surface area (Å²) in [4.78, 5) is 16.7. The van der Waals surface area contributed by atoms with Crippen molar-refractivity contribution in [3.8, 4) is 0 Å². The van der Waals surface area contributed by atoms with E-state index in [9.17, 15) is 4.79 Å². The maximum atomic E-state index is 12.2. The average molecular weight is 345 g/mol. The number of rotatable bonds is 5. The highest BCUT2D eigenvalue weighted by Gasteiger charge is 2.10. The third-order valence-electron chi connectivity index (χ3n) is 3.58. The number of thiazole rings is 1. The molecule has 0 aliphatic rings. The number of carbonyl (C=O) groups excluding carboxylic acids is 1. The molecule has 0 aliphatic heterocycles. The molecule has 5 heteroatoms. The Morgan fingerprint density at radius 3 is 2.91 bits per heavy atom. The van der Waals surface area contributed by atoms with E-state index in [4.69, 9.17) is 11.6 Å². The van der Waals surface area contributed by atoms with Crippen LogP contribution in [0.15, 0.2) is 42.5 Å². The highest BCUT2D eigenvalue weighted by Crippen LogP contribution is 2.27. The minimum Gasteiger partial charge on any atom is -0.298 e. The summed E-state index contributed by atoms with van der Waals surface area (Å²) >= 11 is 7.42. The second-order valence-electron chi connectivity index (χ2n) is 5.39. The monoisotopic (exact) mass is 344 g/mol. The van der Waals surface area contributed by atoms with Gasteiger partial charge in [-0.3, -0.25) is 10.1 Å². The van der Waals surface area contributed by atoms with Crippen molar-refractivity contribution < 1.29 is 4.79 Å². The molecular weight excluding hydrogens is 328 g/mol. The first kappa shape index (κ1) is 16.0. The van der Waals surface area contributed by atoms with Crippen molar-refractivity contribution >= 4 is 44.2 Å². The molecule has 3 aromatic rings. The number of nitrogens with one attached hydrogen (secondary N) is 1. The Hall–Kier alpha value is -1.91. The van der Waals surface area contributed by atoms with Crippen LogP contribution in [0.1, 0.15) is 35.7 Å². The number of hydrogen-bond donors (Lipinski definition) is 1. The first-order valence-corrected chi connectivity index (χ1v) is 8.81. The van der Waals surface area contributed by atoms with E-state index in [1.54, 1.807) is 24.3 Å². The normalized spacial score (nSPS) is 10.9. The lowest BCUT2D eigenvalue weighted by atomic mass is 10.1. The van der Waals surface area contributed by atoms with Crippen molar-refractivity contribution in [2.24, 2.45) is 0 Å². The highest BCUT2D eigenvalue weighted by molar-refractivity contribution is 7.22. The van der Waals surface area contributed by atoms with Gasteiger partial charge < -0.3 is 0 Å². The van der Waals surface area contributed by atoms with E-state index < -0.39 is 0 Å². The summed E-state index contributed by atoms with van der Waals surface area (Å²) < 4.78 is 1.10. The molecule has 0 saturated heterocycles. The lowest BCUT2D eigenvalue weighted by Gasteiger charge is -2.01. The minimum absolute atomic E-state index is 0.197. The number of nitrogens with zero attached hydrogens (tertiary/aromatic N) is 1. The number of unbranched alkanes of at least 4 members (excludes halogenated alkanes) is 1. The zero-order valence-electron chi connectivity index (χ0n) is 12.8. The summed E-state index contributed by atoms with van der Waals surface area (Å²) in [6, 6.07) is 13.2. The molecule has 3 nitrogen and oxygen atoms in total. The molecule has 1 aromatic heterocycles. The van der Waals surface area contributed by atoms with Gasteiger partial charge in [0.15, 0.2) is 5.13 Å². The second-order valence-corrected chi connectivity index (χ2v) is 6.86. The Morgan fingerprint density at radius 2 is 2.13 bits per heavy atom. The van der Waals surface area contributed by atoms with Crippen LogP contribution >= 0.6 is 22.9 Å². The standard InChI is InChI=1S/C18H17ClN2OS/c1-2-3-5-12-8-9-15-16(10-12)23-18(20-15)21-17(22)13-6-4-7-14(19)11-13/h4,6-11H,2-3,5H2,1H3,(H,20,21,22). The maximum absolute atomic E-state index is 12.2. The smallest absolute Gasteiger partial charge is 0.257 e. The van der Waals surface area contributed by atoms with Crippen LogP contribution in [-0.4, -0.2) is 10.9 Å². The molecule has 0 aliphatic carbocycles. The van der Waals surface area contributed by atoms with Crippen LogP contribution in [0.3, 0.4) is 0 Å². The molecular formula is C18H17ClN2OS. The topological polar surface area (TPSA) is 42.0 Å². The Labute approximate surface area is 144 Å². The number of anilines is 1. The molecule has 1 heterocycles. The minimum atomic E-state index is -0.197. The van der Waals surface area contributed by atoms with Crippen LogP contribution in [0.4, 0.5) is 5.13 Å². The fourth-order valence-corrected chi connectivity index (χ4v) is 3.47. The quantitative estimate of drug-likeness (QED) is 0.659. The number of halogens is 1. The van der Waals surface area contributed by atoms with Gasteiger partial charge in [-0.1, -0.05) is 48.4 Å².